The highest BCUT2D eigenvalue weighted by molar-refractivity contribution is 5.31. The van der Waals surface area contributed by atoms with E-state index in [1.165, 1.54) is 43.2 Å². The molecule has 1 aliphatic carbocycles. The van der Waals surface area contributed by atoms with Gasteiger partial charge in [-0.15, -0.1) is 0 Å². The minimum atomic E-state index is 0.338. The van der Waals surface area contributed by atoms with Gasteiger partial charge in [0.1, 0.15) is 0 Å². The largest absolute Gasteiger partial charge is 0.369 e. The second kappa shape index (κ2) is 5.19. The molecule has 1 heterocycles. The molecule has 2 heteroatoms. The molecule has 92 valence electrons. The highest BCUT2D eigenvalue weighted by Gasteiger charge is 2.24. The van der Waals surface area contributed by atoms with Crippen LogP contribution in [0.5, 0.6) is 0 Å². The number of aryl methyl sites for hydroxylation is 1. The predicted octanol–water partition coefficient (Wildman–Crippen LogP) is 2.83. The highest BCUT2D eigenvalue weighted by atomic mass is 16.5. The van der Waals surface area contributed by atoms with E-state index in [0.29, 0.717) is 12.2 Å². The van der Waals surface area contributed by atoms with Crippen LogP contribution < -0.4 is 5.32 Å². The summed E-state index contributed by atoms with van der Waals surface area (Å²) >= 11 is 0. The van der Waals surface area contributed by atoms with Gasteiger partial charge < -0.3 is 10.1 Å². The molecule has 0 amide bonds. The van der Waals surface area contributed by atoms with E-state index in [2.05, 4.69) is 29.6 Å². The van der Waals surface area contributed by atoms with Gasteiger partial charge in [-0.2, -0.15) is 0 Å². The van der Waals surface area contributed by atoms with Crippen molar-refractivity contribution in [3.8, 4) is 0 Å². The van der Waals surface area contributed by atoms with Gasteiger partial charge in [-0.3, -0.25) is 0 Å². The van der Waals surface area contributed by atoms with Gasteiger partial charge in [-0.05, 0) is 49.8 Å². The van der Waals surface area contributed by atoms with Crippen molar-refractivity contribution in [2.45, 2.75) is 44.3 Å². The van der Waals surface area contributed by atoms with Gasteiger partial charge in [0.05, 0.1) is 12.2 Å². The Morgan fingerprint density at radius 2 is 2.06 bits per heavy atom. The van der Waals surface area contributed by atoms with Gasteiger partial charge >= 0.3 is 0 Å². The van der Waals surface area contributed by atoms with E-state index in [1.807, 2.05) is 0 Å². The van der Waals surface area contributed by atoms with Crippen LogP contribution in [0.25, 0.3) is 0 Å². The molecule has 0 saturated carbocycles. The molecule has 2 aliphatic rings. The van der Waals surface area contributed by atoms with Crippen LogP contribution in [0.15, 0.2) is 24.3 Å². The van der Waals surface area contributed by atoms with E-state index in [1.54, 1.807) is 0 Å². The maximum absolute atomic E-state index is 6.30. The van der Waals surface area contributed by atoms with Gasteiger partial charge in [0.25, 0.3) is 0 Å². The Balaban J connectivity index is 1.71. The fourth-order valence-electron chi connectivity index (χ4n) is 3.02. The minimum Gasteiger partial charge on any atom is -0.369 e. The highest BCUT2D eigenvalue weighted by Crippen LogP contribution is 2.33. The maximum atomic E-state index is 6.30. The van der Waals surface area contributed by atoms with Gasteiger partial charge in [0, 0.05) is 6.54 Å². The number of hydrogen-bond donors (Lipinski definition) is 1. The van der Waals surface area contributed by atoms with E-state index in [0.717, 1.165) is 13.1 Å². The average molecular weight is 231 g/mol. The molecule has 2 unspecified atom stereocenters. The summed E-state index contributed by atoms with van der Waals surface area (Å²) in [6, 6.07) is 8.78. The monoisotopic (exact) mass is 231 g/mol. The van der Waals surface area contributed by atoms with Crippen molar-refractivity contribution in [1.29, 1.82) is 0 Å². The minimum absolute atomic E-state index is 0.338. The van der Waals surface area contributed by atoms with Crippen LogP contribution in [0, 0.1) is 0 Å². The summed E-state index contributed by atoms with van der Waals surface area (Å²) in [7, 11) is 0. The first-order valence-electron chi connectivity index (χ1n) is 6.87. The average Bonchev–Trinajstić information content (AvgIpc) is 2.40. The third kappa shape index (κ3) is 2.53. The lowest BCUT2D eigenvalue weighted by molar-refractivity contribution is -0.0321. The molecule has 1 fully saturated rings. The van der Waals surface area contributed by atoms with Crippen molar-refractivity contribution in [3.05, 3.63) is 35.4 Å². The van der Waals surface area contributed by atoms with E-state index >= 15 is 0 Å². The van der Waals surface area contributed by atoms with E-state index in [9.17, 15) is 0 Å². The zero-order valence-corrected chi connectivity index (χ0v) is 10.3. The maximum Gasteiger partial charge on any atom is 0.0832 e. The fraction of sp³-hybridized carbons (Fsp3) is 0.600. The Bertz CT molecular complexity index is 371. The third-order valence-corrected chi connectivity index (χ3v) is 3.92. The lowest BCUT2D eigenvalue weighted by Crippen LogP contribution is -2.36. The Morgan fingerprint density at radius 3 is 2.94 bits per heavy atom. The lowest BCUT2D eigenvalue weighted by Gasteiger charge is -2.31. The zero-order valence-electron chi connectivity index (χ0n) is 10.3. The number of hydrogen-bond acceptors (Lipinski definition) is 2. The summed E-state index contributed by atoms with van der Waals surface area (Å²) in [6.45, 7) is 2.18. The first-order valence-corrected chi connectivity index (χ1v) is 6.87. The van der Waals surface area contributed by atoms with Crippen molar-refractivity contribution in [3.63, 3.8) is 0 Å². The van der Waals surface area contributed by atoms with Crippen LogP contribution in [0.4, 0.5) is 0 Å². The van der Waals surface area contributed by atoms with Crippen molar-refractivity contribution < 1.29 is 4.74 Å². The predicted molar refractivity (Wildman–Crippen MR) is 69.1 cm³/mol. The molecule has 0 bridgehead atoms. The van der Waals surface area contributed by atoms with Crippen molar-refractivity contribution in [2.75, 3.05) is 13.1 Å². The van der Waals surface area contributed by atoms with Crippen LogP contribution in [-0.2, 0) is 11.2 Å². The summed E-state index contributed by atoms with van der Waals surface area (Å²) in [5, 5.41) is 3.42. The molecule has 1 aliphatic heterocycles. The number of benzene rings is 1. The summed E-state index contributed by atoms with van der Waals surface area (Å²) in [4.78, 5) is 0. The summed E-state index contributed by atoms with van der Waals surface area (Å²) in [5.41, 5.74) is 2.93. The quantitative estimate of drug-likeness (QED) is 0.845. The SMILES string of the molecule is c1ccc2c(c1)CCCC2OC1CCCNC1. The van der Waals surface area contributed by atoms with Crippen molar-refractivity contribution >= 4 is 0 Å². The second-order valence-electron chi connectivity index (χ2n) is 5.18. The summed E-state index contributed by atoms with van der Waals surface area (Å²) < 4.78 is 6.30. The van der Waals surface area contributed by atoms with Crippen molar-refractivity contribution in [2.24, 2.45) is 0 Å². The fourth-order valence-corrected chi connectivity index (χ4v) is 3.02. The standard InChI is InChI=1S/C15H21NO/c1-2-8-14-12(5-1)6-3-9-15(14)17-13-7-4-10-16-11-13/h1-2,5,8,13,15-16H,3-4,6-7,9-11H2. The molecule has 0 radical (unpaired) electrons. The first-order chi connectivity index (χ1) is 8.43. The molecule has 17 heavy (non-hydrogen) atoms. The molecule has 1 N–H and O–H groups in total. The number of ether oxygens (including phenoxy) is 1. The normalized spacial score (nSPS) is 28.7. The van der Waals surface area contributed by atoms with E-state index in [4.69, 9.17) is 4.74 Å². The summed E-state index contributed by atoms with van der Waals surface area (Å²) in [5.74, 6) is 0. The van der Waals surface area contributed by atoms with Gasteiger partial charge in [0.15, 0.2) is 0 Å². The Labute approximate surface area is 103 Å². The van der Waals surface area contributed by atoms with E-state index < -0.39 is 0 Å². The molecule has 2 atom stereocenters. The van der Waals surface area contributed by atoms with E-state index in [-0.39, 0.29) is 0 Å². The molecule has 1 saturated heterocycles. The smallest absolute Gasteiger partial charge is 0.0832 e. The third-order valence-electron chi connectivity index (χ3n) is 3.92. The molecule has 1 aromatic carbocycles. The summed E-state index contributed by atoms with van der Waals surface area (Å²) in [6.07, 6.45) is 6.89. The van der Waals surface area contributed by atoms with Crippen LogP contribution in [0.1, 0.15) is 42.9 Å². The second-order valence-corrected chi connectivity index (χ2v) is 5.18. The number of rotatable bonds is 2. The van der Waals surface area contributed by atoms with Crippen LogP contribution >= 0.6 is 0 Å². The molecule has 1 aromatic rings. The Morgan fingerprint density at radius 1 is 1.12 bits per heavy atom. The molecule has 0 spiro atoms. The first kappa shape index (κ1) is 11.2. The molecular weight excluding hydrogens is 210 g/mol. The Hall–Kier alpha value is -0.860. The number of fused-ring (bicyclic) bond motifs is 1. The topological polar surface area (TPSA) is 21.3 Å². The lowest BCUT2D eigenvalue weighted by atomic mass is 9.89. The zero-order chi connectivity index (χ0) is 11.5. The van der Waals surface area contributed by atoms with Gasteiger partial charge in [-0.1, -0.05) is 24.3 Å². The number of piperidine rings is 1. The van der Waals surface area contributed by atoms with Crippen LogP contribution in [-0.4, -0.2) is 19.2 Å². The van der Waals surface area contributed by atoms with Gasteiger partial charge in [-0.25, -0.2) is 0 Å². The molecular formula is C15H21NO. The molecule has 3 rings (SSSR count). The molecule has 2 nitrogen and oxygen atoms in total. The van der Waals surface area contributed by atoms with Crippen molar-refractivity contribution in [1.82, 2.24) is 5.32 Å². The Kier molecular flexibility index (Phi) is 3.44. The van der Waals surface area contributed by atoms with Crippen LogP contribution in [0.2, 0.25) is 0 Å². The molecule has 0 aromatic heterocycles. The van der Waals surface area contributed by atoms with Crippen LogP contribution in [0.3, 0.4) is 0 Å². The number of nitrogens with one attached hydrogen (secondary N) is 1. The van der Waals surface area contributed by atoms with Gasteiger partial charge in [0.2, 0.25) is 0 Å².